The number of benzene rings is 2. The van der Waals surface area contributed by atoms with E-state index in [0.29, 0.717) is 17.2 Å². The molecule has 0 atom stereocenters. The molecule has 35 heavy (non-hydrogen) atoms. The molecule has 3 aromatic rings. The van der Waals surface area contributed by atoms with Crippen LogP contribution in [0.5, 0.6) is 17.2 Å². The Labute approximate surface area is 200 Å². The average molecular weight is 471 g/mol. The number of aromatic nitrogens is 1. The molecule has 1 saturated carbocycles. The predicted octanol–water partition coefficient (Wildman–Crippen LogP) is 3.34. The van der Waals surface area contributed by atoms with Crippen LogP contribution in [-0.2, 0) is 4.79 Å². The number of fused-ring (bicyclic) bond motifs is 1. The Morgan fingerprint density at radius 1 is 1.14 bits per heavy atom. The highest BCUT2D eigenvalue weighted by atomic mass is 16.7. The van der Waals surface area contributed by atoms with Crippen molar-refractivity contribution in [3.05, 3.63) is 81.3 Å². The van der Waals surface area contributed by atoms with Crippen LogP contribution in [0.3, 0.4) is 0 Å². The fraction of sp³-hybridized carbons (Fsp3) is 0.231. The van der Waals surface area contributed by atoms with Crippen LogP contribution in [0.25, 0.3) is 0 Å². The van der Waals surface area contributed by atoms with Gasteiger partial charge in [0.25, 0.3) is 11.5 Å². The normalized spacial score (nSPS) is 13.7. The van der Waals surface area contributed by atoms with Crippen molar-refractivity contribution in [2.45, 2.75) is 25.8 Å². The molecule has 9 heteroatoms. The second-order valence-electron chi connectivity index (χ2n) is 8.43. The highest BCUT2D eigenvalue weighted by Gasteiger charge is 2.27. The van der Waals surface area contributed by atoms with E-state index in [0.717, 1.165) is 18.4 Å². The first-order chi connectivity index (χ1) is 16.9. The van der Waals surface area contributed by atoms with Crippen molar-refractivity contribution in [1.82, 2.24) is 4.57 Å². The quantitative estimate of drug-likeness (QED) is 0.525. The molecule has 1 amide bonds. The fourth-order valence-corrected chi connectivity index (χ4v) is 3.85. The smallest absolute Gasteiger partial charge is 0.268 e. The van der Waals surface area contributed by atoms with Gasteiger partial charge >= 0.3 is 0 Å². The molecule has 2 aromatic carbocycles. The molecule has 1 aromatic heterocycles. The summed E-state index contributed by atoms with van der Waals surface area (Å²) in [6.07, 6.45) is 3.17. The molecule has 0 bridgehead atoms. The monoisotopic (exact) mass is 471 g/mol. The Morgan fingerprint density at radius 2 is 1.94 bits per heavy atom. The number of carbonyl (C=O) groups excluding carboxylic acids is 2. The van der Waals surface area contributed by atoms with Crippen molar-refractivity contribution >= 4 is 17.4 Å². The number of aryl methyl sites for hydroxylation is 1. The largest absolute Gasteiger partial charge is 0.483 e. The second kappa shape index (κ2) is 8.99. The molecule has 1 fully saturated rings. The van der Waals surface area contributed by atoms with E-state index in [-0.39, 0.29) is 41.9 Å². The molecule has 0 unspecified atom stereocenters. The molecule has 0 saturated heterocycles. The van der Waals surface area contributed by atoms with E-state index < -0.39 is 17.2 Å². The van der Waals surface area contributed by atoms with Gasteiger partial charge in [-0.25, -0.2) is 0 Å². The molecule has 5 rings (SSSR count). The lowest BCUT2D eigenvalue weighted by molar-refractivity contribution is -0.118. The van der Waals surface area contributed by atoms with E-state index in [1.165, 1.54) is 16.8 Å². The molecule has 1 N–H and O–H groups in total. The van der Waals surface area contributed by atoms with Crippen LogP contribution in [0.15, 0.2) is 53.5 Å². The van der Waals surface area contributed by atoms with Gasteiger partial charge in [-0.15, -0.1) is 0 Å². The molecule has 9 nitrogen and oxygen atoms in total. The summed E-state index contributed by atoms with van der Waals surface area (Å²) in [5.41, 5.74) is 1.32. The van der Waals surface area contributed by atoms with Crippen molar-refractivity contribution in [1.29, 1.82) is 5.26 Å². The summed E-state index contributed by atoms with van der Waals surface area (Å²) >= 11 is 0. The van der Waals surface area contributed by atoms with E-state index >= 15 is 0 Å². The Hall–Kier alpha value is -4.58. The van der Waals surface area contributed by atoms with E-state index in [2.05, 4.69) is 5.32 Å². The maximum Gasteiger partial charge on any atom is 0.268 e. The van der Waals surface area contributed by atoms with Crippen molar-refractivity contribution in [2.24, 2.45) is 0 Å². The van der Waals surface area contributed by atoms with Gasteiger partial charge in [-0.05, 0) is 50.1 Å². The molecule has 0 radical (unpaired) electrons. The number of ether oxygens (including phenoxy) is 3. The molecule has 1 aliphatic carbocycles. The summed E-state index contributed by atoms with van der Waals surface area (Å²) < 4.78 is 17.7. The number of ketones is 1. The Bertz CT molecular complexity index is 1450. The number of nitriles is 1. The van der Waals surface area contributed by atoms with Gasteiger partial charge in [0.1, 0.15) is 17.4 Å². The summed E-state index contributed by atoms with van der Waals surface area (Å²) in [4.78, 5) is 38.3. The zero-order valence-electron chi connectivity index (χ0n) is 18.9. The fourth-order valence-electron chi connectivity index (χ4n) is 3.85. The molecular formula is C26H21N3O6. The van der Waals surface area contributed by atoms with Crippen LogP contribution < -0.4 is 25.1 Å². The molecule has 176 valence electrons. The number of rotatable bonds is 7. The first-order valence-electron chi connectivity index (χ1n) is 11.1. The minimum absolute atomic E-state index is 0.00968. The predicted molar refractivity (Wildman–Crippen MR) is 125 cm³/mol. The number of hydrogen-bond donors (Lipinski definition) is 1. The number of anilines is 1. The number of amides is 1. The lowest BCUT2D eigenvalue weighted by atomic mass is 10.0. The summed E-state index contributed by atoms with van der Waals surface area (Å²) in [5, 5.41) is 12.1. The van der Waals surface area contributed by atoms with E-state index in [9.17, 15) is 19.6 Å². The minimum Gasteiger partial charge on any atom is -0.483 e. The summed E-state index contributed by atoms with van der Waals surface area (Å²) in [6.45, 7) is 1.63. The van der Waals surface area contributed by atoms with Gasteiger partial charge in [-0.1, -0.05) is 11.6 Å². The van der Waals surface area contributed by atoms with Crippen molar-refractivity contribution in [3.8, 4) is 23.3 Å². The lowest BCUT2D eigenvalue weighted by Crippen LogP contribution is -2.24. The van der Waals surface area contributed by atoms with Crippen LogP contribution in [0.2, 0.25) is 0 Å². The topological polar surface area (TPSA) is 120 Å². The molecule has 2 aliphatic rings. The number of hydrogen-bond acceptors (Lipinski definition) is 7. The molecule has 2 heterocycles. The highest BCUT2D eigenvalue weighted by molar-refractivity contribution is 6.11. The van der Waals surface area contributed by atoms with Gasteiger partial charge in [0, 0.05) is 29.6 Å². The lowest BCUT2D eigenvalue weighted by Gasteiger charge is -2.13. The first kappa shape index (κ1) is 22.2. The number of pyridine rings is 1. The Kier molecular flexibility index (Phi) is 5.71. The minimum atomic E-state index is -0.420. The summed E-state index contributed by atoms with van der Waals surface area (Å²) in [6, 6.07) is 13.3. The maximum absolute atomic E-state index is 13.4. The number of nitrogens with zero attached hydrogens (tertiary/aromatic N) is 2. The third kappa shape index (κ3) is 4.59. The zero-order valence-corrected chi connectivity index (χ0v) is 18.9. The van der Waals surface area contributed by atoms with E-state index in [1.54, 1.807) is 36.4 Å². The van der Waals surface area contributed by atoms with Crippen LogP contribution in [0.4, 0.5) is 5.69 Å². The van der Waals surface area contributed by atoms with Crippen LogP contribution in [-0.4, -0.2) is 29.7 Å². The van der Waals surface area contributed by atoms with Crippen LogP contribution >= 0.6 is 0 Å². The molecular weight excluding hydrogens is 450 g/mol. The molecule has 0 spiro atoms. The van der Waals surface area contributed by atoms with Gasteiger partial charge in [-0.2, -0.15) is 5.26 Å². The van der Waals surface area contributed by atoms with Gasteiger partial charge in [0.2, 0.25) is 6.79 Å². The van der Waals surface area contributed by atoms with Crippen LogP contribution in [0, 0.1) is 18.3 Å². The van der Waals surface area contributed by atoms with Crippen molar-refractivity contribution in [3.63, 3.8) is 0 Å². The van der Waals surface area contributed by atoms with Crippen molar-refractivity contribution in [2.75, 3.05) is 18.7 Å². The summed E-state index contributed by atoms with van der Waals surface area (Å²) in [5.74, 6) is 0.556. The van der Waals surface area contributed by atoms with E-state index in [4.69, 9.17) is 14.2 Å². The Balaban J connectivity index is 1.35. The third-order valence-corrected chi connectivity index (χ3v) is 5.76. The van der Waals surface area contributed by atoms with Gasteiger partial charge < -0.3 is 24.1 Å². The average Bonchev–Trinajstić information content (AvgIpc) is 3.59. The molecule has 1 aliphatic heterocycles. The van der Waals surface area contributed by atoms with E-state index in [1.807, 2.05) is 13.0 Å². The van der Waals surface area contributed by atoms with Gasteiger partial charge in [0.15, 0.2) is 23.9 Å². The first-order valence-corrected chi connectivity index (χ1v) is 11.1. The maximum atomic E-state index is 13.4. The number of carbonyl (C=O) groups is 2. The van der Waals surface area contributed by atoms with Gasteiger partial charge in [0.05, 0.1) is 5.56 Å². The summed E-state index contributed by atoms with van der Waals surface area (Å²) in [7, 11) is 0. The number of nitrogens with one attached hydrogen (secondary N) is 1. The highest BCUT2D eigenvalue weighted by Crippen LogP contribution is 2.35. The zero-order chi connectivity index (χ0) is 24.5. The second-order valence-corrected chi connectivity index (χ2v) is 8.43. The third-order valence-electron chi connectivity index (χ3n) is 5.76. The van der Waals surface area contributed by atoms with Crippen LogP contribution in [0.1, 0.15) is 45.9 Å². The Morgan fingerprint density at radius 3 is 2.71 bits per heavy atom. The standard InChI is InChI=1S/C26H21N3O6/c1-15-2-6-21(33-13-24(30)28-18-3-7-22-23(10-18)35-14-34-22)20(8-15)25(31)17-9-16(11-27)26(32)29(12-17)19-4-5-19/h2-3,6-10,12,19H,4-5,13-14H2,1H3,(H,28,30). The SMILES string of the molecule is Cc1ccc(OCC(=O)Nc2ccc3c(c2)OCO3)c(C(=O)c2cc(C#N)c(=O)n(C3CC3)c2)c1. The van der Waals surface area contributed by atoms with Gasteiger partial charge in [-0.3, -0.25) is 14.4 Å². The van der Waals surface area contributed by atoms with Crippen molar-refractivity contribution < 1.29 is 23.8 Å².